The summed E-state index contributed by atoms with van der Waals surface area (Å²) >= 11 is 0. The number of ether oxygens (including phenoxy) is 1. The molecule has 0 aliphatic rings. The summed E-state index contributed by atoms with van der Waals surface area (Å²) < 4.78 is 44.3. The molecule has 3 aromatic rings. The molecule has 3 rings (SSSR count). The Morgan fingerprint density at radius 1 is 0.737 bits per heavy atom. The number of amides is 4. The molecule has 0 heterocycles. The first-order valence-electron chi connectivity index (χ1n) is 17.8. The molecule has 0 saturated carbocycles. The van der Waals surface area contributed by atoms with Crippen molar-refractivity contribution in [2.75, 3.05) is 13.1 Å². The number of rotatable bonds is 20. The van der Waals surface area contributed by atoms with E-state index in [9.17, 15) is 37.1 Å². The van der Waals surface area contributed by atoms with Crippen LogP contribution in [0.15, 0.2) is 84.9 Å². The van der Waals surface area contributed by atoms with Crippen molar-refractivity contribution in [1.82, 2.24) is 21.0 Å². The second kappa shape index (κ2) is 22.0. The molecule has 11 N–H and O–H groups in total. The average Bonchev–Trinajstić information content (AvgIpc) is 3.17. The third-order valence-electron chi connectivity index (χ3n) is 8.44. The van der Waals surface area contributed by atoms with Gasteiger partial charge in [0.15, 0.2) is 5.96 Å². The monoisotopic (exact) mass is 797 g/mol. The molecule has 0 aromatic heterocycles. The number of hydroxylamine groups is 2. The molecule has 0 unspecified atom stereocenters. The molecule has 16 nitrogen and oxygen atoms in total. The van der Waals surface area contributed by atoms with E-state index in [0.29, 0.717) is 22.3 Å². The van der Waals surface area contributed by atoms with Crippen LogP contribution in [0.4, 0.5) is 18.0 Å². The normalized spacial score (nSPS) is 12.5. The van der Waals surface area contributed by atoms with Crippen LogP contribution in [0, 0.1) is 10.8 Å². The summed E-state index contributed by atoms with van der Waals surface area (Å²) in [5.41, 5.74) is 18.8. The van der Waals surface area contributed by atoms with Gasteiger partial charge in [-0.15, -0.1) is 5.06 Å². The van der Waals surface area contributed by atoms with Gasteiger partial charge in [-0.3, -0.25) is 25.2 Å². The maximum Gasteiger partial charge on any atom is 0.493 e. The first-order valence-corrected chi connectivity index (χ1v) is 17.8. The van der Waals surface area contributed by atoms with Crippen LogP contribution in [0.1, 0.15) is 60.3 Å². The van der Waals surface area contributed by atoms with E-state index in [0.717, 1.165) is 0 Å². The lowest BCUT2D eigenvalue weighted by Crippen LogP contribution is -2.53. The van der Waals surface area contributed by atoms with Crippen molar-refractivity contribution < 1.29 is 46.7 Å². The van der Waals surface area contributed by atoms with Gasteiger partial charge in [-0.2, -0.15) is 13.2 Å². The number of hydrogen-bond donors (Lipinski definition) is 8. The smallest absolute Gasteiger partial charge is 0.442 e. The fourth-order valence-corrected chi connectivity index (χ4v) is 5.45. The first kappa shape index (κ1) is 44.7. The molecule has 19 heteroatoms. The molecule has 0 bridgehead atoms. The van der Waals surface area contributed by atoms with E-state index in [1.165, 1.54) is 0 Å². The molecule has 306 valence electrons. The molecule has 0 saturated heterocycles. The predicted molar refractivity (Wildman–Crippen MR) is 202 cm³/mol. The van der Waals surface area contributed by atoms with Gasteiger partial charge in [-0.25, -0.2) is 9.59 Å². The third kappa shape index (κ3) is 15.5. The maximum atomic E-state index is 14.1. The van der Waals surface area contributed by atoms with Gasteiger partial charge in [0.1, 0.15) is 24.5 Å². The molecule has 0 fully saturated rings. The number of carbonyl (C=O) groups excluding carboxylic acids is 5. The number of alkyl halides is 3. The van der Waals surface area contributed by atoms with Crippen molar-refractivity contribution in [3.8, 4) is 0 Å². The number of amidine groups is 1. The van der Waals surface area contributed by atoms with Gasteiger partial charge in [0.05, 0.1) is 12.5 Å². The molecule has 0 radical (unpaired) electrons. The molecular weight excluding hydrogens is 751 g/mol. The SMILES string of the molecule is N=C(N)NCCC[C@H](NC(=O)[C@H](CCCCN(OC(=O)C(F)(F)F)C(=O)OCc1ccccc1)NC(=O)[C@@H](Cc1ccc(C(=N)N)cc1)c1ccccc1)C(N)=O. The summed E-state index contributed by atoms with van der Waals surface area (Å²) in [6, 6.07) is 21.1. The Morgan fingerprint density at radius 3 is 1.91 bits per heavy atom. The predicted octanol–water partition coefficient (Wildman–Crippen LogP) is 2.84. The molecule has 57 heavy (non-hydrogen) atoms. The first-order chi connectivity index (χ1) is 27.0. The van der Waals surface area contributed by atoms with Crippen LogP contribution < -0.4 is 33.2 Å². The quantitative estimate of drug-likeness (QED) is 0.0359. The van der Waals surface area contributed by atoms with Gasteiger partial charge in [0.2, 0.25) is 17.7 Å². The van der Waals surface area contributed by atoms with Crippen molar-refractivity contribution in [3.63, 3.8) is 0 Å². The number of nitrogens with two attached hydrogens (primary N) is 3. The standard InChI is InChI=1S/C38H46F3N9O7/c39-38(40,41)35(54)57-50(37(55)56-23-25-10-3-1-4-11-25)21-8-7-14-30(34(53)48-29(32(44)51)15-9-20-47-36(45)46)49-33(52)28(26-12-5-2-6-13-26)22-24-16-18-27(19-17-24)31(42)43/h1-6,10-13,16-19,28-30H,7-9,14-15,20-23H2,(H3,42,43)(H2,44,51)(H,48,53)(H,49,52)(H4,45,46,47)/t28-,29-,30-/m0/s1. The van der Waals surface area contributed by atoms with Crippen LogP contribution in [0.25, 0.3) is 0 Å². The molecule has 4 amide bonds. The Balaban J connectivity index is 1.82. The maximum absolute atomic E-state index is 14.1. The second-order valence-corrected chi connectivity index (χ2v) is 12.8. The van der Waals surface area contributed by atoms with Gasteiger partial charge in [-0.1, -0.05) is 84.9 Å². The Morgan fingerprint density at radius 2 is 1.33 bits per heavy atom. The number of hydrogen-bond acceptors (Lipinski definition) is 9. The largest absolute Gasteiger partial charge is 0.493 e. The summed E-state index contributed by atoms with van der Waals surface area (Å²) in [6.07, 6.45) is -6.60. The van der Waals surface area contributed by atoms with E-state index in [1.54, 1.807) is 84.9 Å². The number of nitrogens with one attached hydrogen (secondary N) is 5. The minimum Gasteiger partial charge on any atom is -0.442 e. The third-order valence-corrected chi connectivity index (χ3v) is 8.44. The molecule has 0 aliphatic heterocycles. The molecule has 0 aliphatic carbocycles. The highest BCUT2D eigenvalue weighted by Crippen LogP contribution is 2.23. The van der Waals surface area contributed by atoms with E-state index in [4.69, 9.17) is 32.8 Å². The minimum absolute atomic E-state index is 0.0172. The van der Waals surface area contributed by atoms with Crippen LogP contribution >= 0.6 is 0 Å². The second-order valence-electron chi connectivity index (χ2n) is 12.8. The zero-order chi connectivity index (χ0) is 42.0. The van der Waals surface area contributed by atoms with Crippen LogP contribution in [0.2, 0.25) is 0 Å². The van der Waals surface area contributed by atoms with Crippen molar-refractivity contribution in [1.29, 1.82) is 10.8 Å². The fraction of sp³-hybridized carbons (Fsp3) is 0.342. The van der Waals surface area contributed by atoms with Crippen LogP contribution in [-0.2, 0) is 41.8 Å². The lowest BCUT2D eigenvalue weighted by molar-refractivity contribution is -0.231. The lowest BCUT2D eigenvalue weighted by atomic mass is 9.90. The molecular formula is C38H46F3N9O7. The summed E-state index contributed by atoms with van der Waals surface area (Å²) in [6.45, 7) is -0.707. The van der Waals surface area contributed by atoms with Crippen LogP contribution in [-0.4, -0.2) is 78.0 Å². The number of benzene rings is 3. The highest BCUT2D eigenvalue weighted by Gasteiger charge is 2.43. The van der Waals surface area contributed by atoms with Gasteiger partial charge >= 0.3 is 18.2 Å². The molecule has 0 spiro atoms. The number of primary amides is 1. The van der Waals surface area contributed by atoms with Gasteiger partial charge in [0.25, 0.3) is 0 Å². The van der Waals surface area contributed by atoms with E-state index in [1.807, 2.05) is 0 Å². The van der Waals surface area contributed by atoms with Gasteiger partial charge in [0, 0.05) is 12.1 Å². The van der Waals surface area contributed by atoms with Crippen molar-refractivity contribution >= 4 is 41.6 Å². The van der Waals surface area contributed by atoms with Crippen molar-refractivity contribution in [2.45, 2.75) is 69.3 Å². The van der Waals surface area contributed by atoms with Gasteiger partial charge < -0.3 is 42.7 Å². The summed E-state index contributed by atoms with van der Waals surface area (Å²) in [5.74, 6) is -6.17. The van der Waals surface area contributed by atoms with Crippen molar-refractivity contribution in [3.05, 3.63) is 107 Å². The number of nitrogen functional groups attached to an aromatic ring is 1. The van der Waals surface area contributed by atoms with E-state index in [2.05, 4.69) is 20.8 Å². The molecule has 3 atom stereocenters. The zero-order valence-corrected chi connectivity index (χ0v) is 30.8. The number of nitrogens with zero attached hydrogens (tertiary/aromatic N) is 1. The number of halogens is 3. The Labute approximate surface area is 326 Å². The Hall–Kier alpha value is -6.66. The van der Waals surface area contributed by atoms with E-state index in [-0.39, 0.29) is 68.5 Å². The van der Waals surface area contributed by atoms with E-state index >= 15 is 0 Å². The Kier molecular flexibility index (Phi) is 17.3. The highest BCUT2D eigenvalue weighted by molar-refractivity contribution is 5.95. The number of unbranched alkanes of at least 4 members (excludes halogenated alkanes) is 1. The number of carbonyl (C=O) groups is 5. The van der Waals surface area contributed by atoms with Crippen LogP contribution in [0.5, 0.6) is 0 Å². The summed E-state index contributed by atoms with van der Waals surface area (Å²) in [7, 11) is 0. The summed E-state index contributed by atoms with van der Waals surface area (Å²) in [5, 5.41) is 22.9. The summed E-state index contributed by atoms with van der Waals surface area (Å²) in [4.78, 5) is 68.9. The lowest BCUT2D eigenvalue weighted by Gasteiger charge is -2.25. The average molecular weight is 798 g/mol. The fourth-order valence-electron chi connectivity index (χ4n) is 5.45. The highest BCUT2D eigenvalue weighted by atomic mass is 19.4. The van der Waals surface area contributed by atoms with E-state index < -0.39 is 60.5 Å². The topological polar surface area (TPSA) is 269 Å². The van der Waals surface area contributed by atoms with Gasteiger partial charge in [-0.05, 0) is 55.2 Å². The Bertz CT molecular complexity index is 1830. The number of guanidine groups is 1. The van der Waals surface area contributed by atoms with Crippen LogP contribution in [0.3, 0.4) is 0 Å². The van der Waals surface area contributed by atoms with Crippen molar-refractivity contribution in [2.24, 2.45) is 17.2 Å². The molecule has 3 aromatic carbocycles. The zero-order valence-electron chi connectivity index (χ0n) is 30.8. The minimum atomic E-state index is -5.42.